The van der Waals surface area contributed by atoms with Crippen molar-refractivity contribution in [3.05, 3.63) is 21.8 Å². The number of nitrogens with zero attached hydrogens (tertiary/aromatic N) is 3. The summed E-state index contributed by atoms with van der Waals surface area (Å²) in [4.78, 5) is 26.1. The van der Waals surface area contributed by atoms with Gasteiger partial charge in [0.25, 0.3) is 0 Å². The van der Waals surface area contributed by atoms with E-state index in [0.29, 0.717) is 10.6 Å². The second-order valence-electron chi connectivity index (χ2n) is 6.78. The van der Waals surface area contributed by atoms with Gasteiger partial charge in [0.2, 0.25) is 5.91 Å². The van der Waals surface area contributed by atoms with Gasteiger partial charge < -0.3 is 14.6 Å². The lowest BCUT2D eigenvalue weighted by Gasteiger charge is -2.08. The Labute approximate surface area is 173 Å². The minimum absolute atomic E-state index is 0.157. The van der Waals surface area contributed by atoms with Crippen LogP contribution in [0.3, 0.4) is 0 Å². The van der Waals surface area contributed by atoms with E-state index in [2.05, 4.69) is 22.4 Å². The topological polar surface area (TPSA) is 86.1 Å². The highest BCUT2D eigenvalue weighted by atomic mass is 32.2. The number of nitrogens with one attached hydrogen (secondary N) is 1. The van der Waals surface area contributed by atoms with Crippen LogP contribution in [0.1, 0.15) is 59.2 Å². The molecule has 1 aliphatic carbocycles. The van der Waals surface area contributed by atoms with Gasteiger partial charge in [0.05, 0.1) is 18.4 Å². The van der Waals surface area contributed by atoms with Crippen molar-refractivity contribution in [3.8, 4) is 0 Å². The van der Waals surface area contributed by atoms with E-state index in [-0.39, 0.29) is 17.6 Å². The number of aryl methyl sites for hydroxylation is 2. The number of carbonyl (C=O) groups is 2. The van der Waals surface area contributed by atoms with Gasteiger partial charge in [-0.25, -0.2) is 4.79 Å². The highest BCUT2D eigenvalue weighted by Crippen LogP contribution is 2.38. The Balaban J connectivity index is 1.73. The summed E-state index contributed by atoms with van der Waals surface area (Å²) in [6.45, 7) is 4.83. The Bertz CT molecular complexity index is 860. The zero-order valence-electron chi connectivity index (χ0n) is 16.5. The summed E-state index contributed by atoms with van der Waals surface area (Å²) in [5.74, 6) is 0.529. The van der Waals surface area contributed by atoms with Gasteiger partial charge in [0.15, 0.2) is 5.16 Å². The number of anilines is 1. The van der Waals surface area contributed by atoms with E-state index in [1.165, 1.54) is 35.1 Å². The standard InChI is InChI=1S/C19H26N4O3S2/c1-4-10-23-12(2)21-22-19(23)27-11-15(24)20-17-16(18(25)26-3)13-8-6-5-7-9-14(13)28-17/h4-11H2,1-3H3,(H,20,24). The van der Waals surface area contributed by atoms with E-state index in [0.717, 1.165) is 61.6 Å². The van der Waals surface area contributed by atoms with Gasteiger partial charge in [-0.2, -0.15) is 0 Å². The number of thioether (sulfide) groups is 1. The Morgan fingerprint density at radius 2 is 2.04 bits per heavy atom. The van der Waals surface area contributed by atoms with Crippen LogP contribution in [0.25, 0.3) is 0 Å². The van der Waals surface area contributed by atoms with Crippen molar-refractivity contribution < 1.29 is 14.3 Å². The third kappa shape index (κ3) is 4.57. The molecule has 0 radical (unpaired) electrons. The van der Waals surface area contributed by atoms with Crippen LogP contribution >= 0.6 is 23.1 Å². The second-order valence-corrected chi connectivity index (χ2v) is 8.83. The molecule has 0 unspecified atom stereocenters. The number of hydrogen-bond acceptors (Lipinski definition) is 7. The van der Waals surface area contributed by atoms with Gasteiger partial charge in [-0.3, -0.25) is 4.79 Å². The fourth-order valence-electron chi connectivity index (χ4n) is 3.39. The van der Waals surface area contributed by atoms with Gasteiger partial charge in [-0.1, -0.05) is 25.1 Å². The van der Waals surface area contributed by atoms with Crippen LogP contribution in [-0.4, -0.2) is 39.5 Å². The van der Waals surface area contributed by atoms with Gasteiger partial charge >= 0.3 is 5.97 Å². The molecule has 0 fully saturated rings. The highest BCUT2D eigenvalue weighted by molar-refractivity contribution is 7.99. The third-order valence-electron chi connectivity index (χ3n) is 4.75. The van der Waals surface area contributed by atoms with E-state index in [9.17, 15) is 9.59 Å². The van der Waals surface area contributed by atoms with Crippen molar-refractivity contribution >= 4 is 40.0 Å². The van der Waals surface area contributed by atoms with E-state index in [1.807, 2.05) is 11.5 Å². The minimum Gasteiger partial charge on any atom is -0.465 e. The van der Waals surface area contributed by atoms with E-state index < -0.39 is 0 Å². The molecule has 0 saturated carbocycles. The first-order valence-electron chi connectivity index (χ1n) is 9.60. The zero-order chi connectivity index (χ0) is 20.1. The molecule has 0 saturated heterocycles. The number of thiophene rings is 1. The molecule has 2 aromatic heterocycles. The summed E-state index contributed by atoms with van der Waals surface area (Å²) in [5, 5.41) is 12.5. The van der Waals surface area contributed by atoms with Crippen LogP contribution in [0.2, 0.25) is 0 Å². The lowest BCUT2D eigenvalue weighted by Crippen LogP contribution is -2.16. The lowest BCUT2D eigenvalue weighted by molar-refractivity contribution is -0.113. The van der Waals surface area contributed by atoms with Gasteiger partial charge in [-0.15, -0.1) is 21.5 Å². The number of fused-ring (bicyclic) bond motifs is 1. The predicted molar refractivity (Wildman–Crippen MR) is 111 cm³/mol. The van der Waals surface area contributed by atoms with Crippen LogP contribution in [0.5, 0.6) is 0 Å². The Kier molecular flexibility index (Phi) is 7.12. The number of methoxy groups -OCH3 is 1. The molecule has 3 rings (SSSR count). The molecule has 1 N–H and O–H groups in total. The number of ether oxygens (including phenoxy) is 1. The van der Waals surface area contributed by atoms with Crippen molar-refractivity contribution in [2.75, 3.05) is 18.2 Å². The maximum atomic E-state index is 12.6. The molecule has 0 atom stereocenters. The van der Waals surface area contributed by atoms with Crippen LogP contribution in [0.15, 0.2) is 5.16 Å². The Hall–Kier alpha value is -1.87. The van der Waals surface area contributed by atoms with Gasteiger partial charge in [0.1, 0.15) is 10.8 Å². The van der Waals surface area contributed by atoms with Crippen LogP contribution in [0.4, 0.5) is 5.00 Å². The fourth-order valence-corrected chi connectivity index (χ4v) is 5.49. The van der Waals surface area contributed by atoms with Crippen LogP contribution in [0, 0.1) is 6.92 Å². The smallest absolute Gasteiger partial charge is 0.341 e. The lowest BCUT2D eigenvalue weighted by atomic mass is 10.1. The predicted octanol–water partition coefficient (Wildman–Crippen LogP) is 3.84. The number of rotatable bonds is 7. The molecular formula is C19H26N4O3S2. The maximum Gasteiger partial charge on any atom is 0.341 e. The van der Waals surface area contributed by atoms with Crippen molar-refractivity contribution in [1.29, 1.82) is 0 Å². The monoisotopic (exact) mass is 422 g/mol. The van der Waals surface area contributed by atoms with Gasteiger partial charge in [-0.05, 0) is 44.6 Å². The van der Waals surface area contributed by atoms with Crippen LogP contribution < -0.4 is 5.32 Å². The zero-order valence-corrected chi connectivity index (χ0v) is 18.2. The molecule has 0 aromatic carbocycles. The number of carbonyl (C=O) groups excluding carboxylic acids is 2. The molecular weight excluding hydrogens is 396 g/mol. The molecule has 2 aromatic rings. The molecule has 0 spiro atoms. The van der Waals surface area contributed by atoms with Crippen LogP contribution in [-0.2, 0) is 28.9 Å². The molecule has 9 heteroatoms. The van der Waals surface area contributed by atoms with Crippen molar-refractivity contribution in [1.82, 2.24) is 14.8 Å². The average molecular weight is 423 g/mol. The molecule has 1 amide bonds. The number of aromatic nitrogens is 3. The molecule has 0 bridgehead atoms. The number of esters is 1. The summed E-state index contributed by atoms with van der Waals surface area (Å²) in [5.41, 5.74) is 1.59. The summed E-state index contributed by atoms with van der Waals surface area (Å²) in [7, 11) is 1.38. The first kappa shape index (κ1) is 20.9. The van der Waals surface area contributed by atoms with Gasteiger partial charge in [0, 0.05) is 11.4 Å². The molecule has 152 valence electrons. The fraction of sp³-hybridized carbons (Fsp3) is 0.579. The molecule has 28 heavy (non-hydrogen) atoms. The van der Waals surface area contributed by atoms with Crippen molar-refractivity contribution in [2.45, 2.75) is 64.1 Å². The SMILES string of the molecule is CCCn1c(C)nnc1SCC(=O)Nc1sc2c(c1C(=O)OC)CCCCC2. The quantitative estimate of drug-likeness (QED) is 0.414. The number of hydrogen-bond donors (Lipinski definition) is 1. The summed E-state index contributed by atoms with van der Waals surface area (Å²) in [6.07, 6.45) is 6.13. The van der Waals surface area contributed by atoms with Crippen molar-refractivity contribution in [2.24, 2.45) is 0 Å². The third-order valence-corrected chi connectivity index (χ3v) is 6.92. The highest BCUT2D eigenvalue weighted by Gasteiger charge is 2.26. The first-order valence-corrected chi connectivity index (χ1v) is 11.4. The Morgan fingerprint density at radius 3 is 2.79 bits per heavy atom. The molecule has 7 nitrogen and oxygen atoms in total. The maximum absolute atomic E-state index is 12.6. The molecule has 2 heterocycles. The average Bonchev–Trinajstić information content (AvgIpc) is 3.10. The minimum atomic E-state index is -0.374. The van der Waals surface area contributed by atoms with Crippen molar-refractivity contribution in [3.63, 3.8) is 0 Å². The normalized spacial score (nSPS) is 13.7. The summed E-state index contributed by atoms with van der Waals surface area (Å²) >= 11 is 2.87. The first-order chi connectivity index (χ1) is 13.5. The van der Waals surface area contributed by atoms with E-state index in [4.69, 9.17) is 4.74 Å². The largest absolute Gasteiger partial charge is 0.465 e. The summed E-state index contributed by atoms with van der Waals surface area (Å²) < 4.78 is 7.01. The van der Waals surface area contributed by atoms with E-state index in [1.54, 1.807) is 0 Å². The molecule has 1 aliphatic rings. The number of amides is 1. The second kappa shape index (κ2) is 9.56. The Morgan fingerprint density at radius 1 is 1.25 bits per heavy atom. The summed E-state index contributed by atoms with van der Waals surface area (Å²) in [6, 6.07) is 0. The van der Waals surface area contributed by atoms with E-state index >= 15 is 0 Å². The molecule has 0 aliphatic heterocycles.